The Kier molecular flexibility index (Phi) is 15.7. The number of nitrogens with one attached hydrogen (secondary N) is 2. The molecule has 16 nitrogen and oxygen atoms in total. The molecular formula is C58H72F4N16. The van der Waals surface area contributed by atoms with E-state index in [0.717, 1.165) is 75.9 Å². The standard InChI is InChI=1S/2C29H36F2N8/c2*1-17-20-8-9-25(34-23(20)10-11-38(17)13-12-37(6)7)35-28-32-16-22(31)26(36-28)19-14-21(30)27-24(15-19)39(18(2)33-27)29(3,4)5/h2*8-9,14-17H,10-13H2,1-7H3,(H,32,34,35,36)/t2*17-/m10/s1. The van der Waals surface area contributed by atoms with E-state index < -0.39 is 23.3 Å². The van der Waals surface area contributed by atoms with Crippen molar-refractivity contribution in [2.45, 2.75) is 105 Å². The van der Waals surface area contributed by atoms with Crippen molar-refractivity contribution in [3.63, 3.8) is 0 Å². The van der Waals surface area contributed by atoms with Gasteiger partial charge in [-0.3, -0.25) is 9.80 Å². The number of hydrogen-bond donors (Lipinski definition) is 2. The number of anilines is 4. The molecule has 0 spiro atoms. The topological polar surface area (TPSA) is 150 Å². The Bertz CT molecular complexity index is 3270. The highest BCUT2D eigenvalue weighted by Gasteiger charge is 2.29. The Morgan fingerprint density at radius 1 is 0.538 bits per heavy atom. The minimum absolute atomic E-state index is 0.00993. The molecule has 2 N–H and O–H groups in total. The van der Waals surface area contributed by atoms with Gasteiger partial charge in [-0.25, -0.2) is 57.4 Å². The van der Waals surface area contributed by atoms with Gasteiger partial charge in [-0.05, 0) is 145 Å². The van der Waals surface area contributed by atoms with E-state index in [9.17, 15) is 8.78 Å². The molecule has 8 heterocycles. The van der Waals surface area contributed by atoms with Crippen LogP contribution in [0.3, 0.4) is 0 Å². The van der Waals surface area contributed by atoms with Gasteiger partial charge < -0.3 is 29.6 Å². The fraction of sp³-hybridized carbons (Fsp3) is 0.448. The van der Waals surface area contributed by atoms with Crippen molar-refractivity contribution >= 4 is 45.6 Å². The number of aryl methyl sites for hydroxylation is 2. The van der Waals surface area contributed by atoms with E-state index in [0.29, 0.717) is 45.4 Å². The van der Waals surface area contributed by atoms with Crippen LogP contribution in [0.1, 0.15) is 102 Å². The maximum Gasteiger partial charge on any atom is 0.229 e. The maximum atomic E-state index is 15.1. The predicted molar refractivity (Wildman–Crippen MR) is 300 cm³/mol. The molecule has 0 aliphatic carbocycles. The minimum atomic E-state index is -0.636. The van der Waals surface area contributed by atoms with Crippen LogP contribution in [-0.4, -0.2) is 136 Å². The molecular weight excluding hydrogens is 997 g/mol. The lowest BCUT2D eigenvalue weighted by atomic mass is 9.98. The van der Waals surface area contributed by atoms with E-state index in [2.05, 4.69) is 114 Å². The molecule has 0 saturated carbocycles. The Morgan fingerprint density at radius 2 is 0.923 bits per heavy atom. The van der Waals surface area contributed by atoms with Gasteiger partial charge >= 0.3 is 0 Å². The van der Waals surface area contributed by atoms with Crippen LogP contribution in [0.2, 0.25) is 0 Å². The molecule has 78 heavy (non-hydrogen) atoms. The molecule has 0 amide bonds. The largest absolute Gasteiger partial charge is 0.323 e. The summed E-state index contributed by atoms with van der Waals surface area (Å²) in [5.41, 5.74) is 6.17. The molecule has 2 atom stereocenters. The van der Waals surface area contributed by atoms with Crippen LogP contribution in [0.15, 0.2) is 60.9 Å². The number of likely N-dealkylation sites (N-methyl/N-ethyl adjacent to an activating group) is 2. The molecule has 10 rings (SSSR count). The highest BCUT2D eigenvalue weighted by Crippen LogP contribution is 2.36. The first-order valence-corrected chi connectivity index (χ1v) is 26.6. The number of aromatic nitrogens is 10. The molecule has 8 aromatic rings. The Hall–Kier alpha value is -7.00. The third-order valence-electron chi connectivity index (χ3n) is 14.6. The maximum absolute atomic E-state index is 15.1. The summed E-state index contributed by atoms with van der Waals surface area (Å²) < 4.78 is 64.1. The summed E-state index contributed by atoms with van der Waals surface area (Å²) in [7, 11) is 8.34. The number of rotatable bonds is 12. The van der Waals surface area contributed by atoms with Crippen molar-refractivity contribution in [3.8, 4) is 22.5 Å². The number of hydrogen-bond acceptors (Lipinski definition) is 14. The van der Waals surface area contributed by atoms with Gasteiger partial charge in [0, 0.05) is 97.8 Å². The average Bonchev–Trinajstić information content (AvgIpc) is 4.10. The van der Waals surface area contributed by atoms with Crippen LogP contribution in [0, 0.1) is 37.1 Å². The molecule has 0 fully saturated rings. The van der Waals surface area contributed by atoms with Crippen LogP contribution in [0.4, 0.5) is 41.1 Å². The van der Waals surface area contributed by atoms with Crippen molar-refractivity contribution < 1.29 is 17.6 Å². The van der Waals surface area contributed by atoms with Crippen molar-refractivity contribution in [2.75, 3.05) is 78.1 Å². The summed E-state index contributed by atoms with van der Waals surface area (Å²) in [6, 6.07) is 14.5. The van der Waals surface area contributed by atoms with Crippen molar-refractivity contribution in [1.82, 2.24) is 68.6 Å². The molecule has 6 aromatic heterocycles. The van der Waals surface area contributed by atoms with Crippen molar-refractivity contribution in [1.29, 1.82) is 0 Å². The quantitative estimate of drug-likeness (QED) is 0.112. The van der Waals surface area contributed by atoms with E-state index in [4.69, 9.17) is 9.97 Å². The van der Waals surface area contributed by atoms with Gasteiger partial charge in [-0.15, -0.1) is 0 Å². The van der Waals surface area contributed by atoms with Gasteiger partial charge in [-0.1, -0.05) is 12.1 Å². The Labute approximate surface area is 454 Å². The summed E-state index contributed by atoms with van der Waals surface area (Å²) in [5, 5.41) is 6.24. The SMILES string of the molecule is Cc1nc2c(F)cc(-c3nc(Nc4ccc5c(n4)CCN(CCN(C)C)[C@@H]5C)ncc3F)cc2n1C(C)(C)C.Cc1nc2c(F)cc(-c3nc(Nc4ccc5c(n4)CCN(CCN(C)C)[C@H]5C)ncc3F)cc2n1C(C)(C)C. The van der Waals surface area contributed by atoms with Crippen LogP contribution < -0.4 is 10.6 Å². The normalized spacial score (nSPS) is 16.2. The van der Waals surface area contributed by atoms with E-state index >= 15 is 8.78 Å². The zero-order valence-electron chi connectivity index (χ0n) is 47.4. The van der Waals surface area contributed by atoms with Gasteiger partial charge in [0.15, 0.2) is 23.3 Å². The van der Waals surface area contributed by atoms with E-state index in [1.54, 1.807) is 12.1 Å². The average molecular weight is 1070 g/mol. The van der Waals surface area contributed by atoms with Gasteiger partial charge in [0.25, 0.3) is 0 Å². The summed E-state index contributed by atoms with van der Waals surface area (Å²) in [6.07, 6.45) is 3.89. The second-order valence-corrected chi connectivity index (χ2v) is 23.0. The van der Waals surface area contributed by atoms with Crippen LogP contribution in [0.5, 0.6) is 0 Å². The van der Waals surface area contributed by atoms with Gasteiger partial charge in [0.1, 0.15) is 45.7 Å². The molecule has 0 saturated heterocycles. The molecule has 20 heteroatoms. The third kappa shape index (κ3) is 11.7. The molecule has 0 bridgehead atoms. The lowest BCUT2D eigenvalue weighted by Gasteiger charge is -2.35. The lowest BCUT2D eigenvalue weighted by Crippen LogP contribution is -2.38. The molecule has 0 radical (unpaired) electrons. The van der Waals surface area contributed by atoms with Gasteiger partial charge in [-0.2, -0.15) is 0 Å². The second kappa shape index (κ2) is 22.0. The number of halogens is 4. The van der Waals surface area contributed by atoms with Crippen LogP contribution in [0.25, 0.3) is 44.6 Å². The van der Waals surface area contributed by atoms with E-state index in [-0.39, 0.29) is 57.5 Å². The first-order valence-electron chi connectivity index (χ1n) is 26.6. The second-order valence-electron chi connectivity index (χ2n) is 23.0. The molecule has 0 unspecified atom stereocenters. The highest BCUT2D eigenvalue weighted by atomic mass is 19.1. The number of benzene rings is 2. The van der Waals surface area contributed by atoms with Gasteiger partial charge in [0.2, 0.25) is 11.9 Å². The fourth-order valence-electron chi connectivity index (χ4n) is 10.8. The predicted octanol–water partition coefficient (Wildman–Crippen LogP) is 10.9. The van der Waals surface area contributed by atoms with Gasteiger partial charge in [0.05, 0.1) is 23.4 Å². The number of fused-ring (bicyclic) bond motifs is 4. The molecule has 2 aromatic carbocycles. The summed E-state index contributed by atoms with van der Waals surface area (Å²) in [4.78, 5) is 44.9. The zero-order chi connectivity index (χ0) is 56.1. The monoisotopic (exact) mass is 1070 g/mol. The number of imidazole rings is 2. The van der Waals surface area contributed by atoms with E-state index in [1.165, 1.54) is 23.3 Å². The molecule has 412 valence electrons. The first-order chi connectivity index (χ1) is 36.8. The van der Waals surface area contributed by atoms with Crippen LogP contribution in [-0.2, 0) is 23.9 Å². The minimum Gasteiger partial charge on any atom is -0.323 e. The number of nitrogens with zero attached hydrogens (tertiary/aromatic N) is 14. The lowest BCUT2D eigenvalue weighted by molar-refractivity contribution is 0.178. The summed E-state index contributed by atoms with van der Waals surface area (Å²) in [5.74, 6) is 0.614. The molecule has 2 aliphatic rings. The zero-order valence-corrected chi connectivity index (χ0v) is 47.4. The van der Waals surface area contributed by atoms with Crippen LogP contribution >= 0.6 is 0 Å². The highest BCUT2D eigenvalue weighted by molar-refractivity contribution is 5.84. The van der Waals surface area contributed by atoms with Crippen molar-refractivity contribution in [2.24, 2.45) is 0 Å². The Morgan fingerprint density at radius 3 is 1.28 bits per heavy atom. The number of pyridine rings is 2. The Balaban J connectivity index is 0.000000190. The summed E-state index contributed by atoms with van der Waals surface area (Å²) in [6.45, 7) is 26.1. The van der Waals surface area contributed by atoms with E-state index in [1.807, 2.05) is 76.7 Å². The smallest absolute Gasteiger partial charge is 0.229 e. The van der Waals surface area contributed by atoms with Crippen molar-refractivity contribution in [3.05, 3.63) is 118 Å². The first kappa shape index (κ1) is 55.7. The summed E-state index contributed by atoms with van der Waals surface area (Å²) >= 11 is 0. The molecule has 2 aliphatic heterocycles. The fourth-order valence-corrected chi connectivity index (χ4v) is 10.8. The third-order valence-corrected chi connectivity index (χ3v) is 14.6.